The Morgan fingerprint density at radius 2 is 1.91 bits per heavy atom. The summed E-state index contributed by atoms with van der Waals surface area (Å²) in [7, 11) is 0. The van der Waals surface area contributed by atoms with Gasteiger partial charge in [0, 0.05) is 40.8 Å². The summed E-state index contributed by atoms with van der Waals surface area (Å²) in [6, 6.07) is 9.05. The molecule has 1 saturated heterocycles. The molecule has 0 radical (unpaired) electrons. The number of fused-ring (bicyclic) bond motifs is 1. The molecule has 1 fully saturated rings. The second-order valence-electron chi connectivity index (χ2n) is 9.98. The van der Waals surface area contributed by atoms with Gasteiger partial charge in [0.2, 0.25) is 0 Å². The molecule has 190 valence electrons. The maximum Gasteiger partial charge on any atom is 0.416 e. The zero-order valence-corrected chi connectivity index (χ0v) is 21.5. The van der Waals surface area contributed by atoms with Crippen LogP contribution in [0.25, 0.3) is 21.2 Å². The summed E-state index contributed by atoms with van der Waals surface area (Å²) in [5, 5.41) is 16.0. The molecular formula is C26H30ClF3N2O2S. The SMILES string of the molecule is CC(C)(C)NC[C@@H]1CCCN(c2ccc(-c3csc4cc(C(F)(F)F)ccc34)cc2C(=O)O)C1.Cl. The smallest absolute Gasteiger partial charge is 0.416 e. The van der Waals surface area contributed by atoms with E-state index in [1.165, 1.54) is 17.4 Å². The number of aromatic carboxylic acids is 1. The Morgan fingerprint density at radius 3 is 2.57 bits per heavy atom. The van der Waals surface area contributed by atoms with Gasteiger partial charge in [-0.3, -0.25) is 0 Å². The summed E-state index contributed by atoms with van der Waals surface area (Å²) in [5.74, 6) is -0.580. The normalized spacial score (nSPS) is 16.9. The number of rotatable bonds is 5. The van der Waals surface area contributed by atoms with Crippen LogP contribution in [0.5, 0.6) is 0 Å². The van der Waals surface area contributed by atoms with Crippen molar-refractivity contribution in [3.63, 3.8) is 0 Å². The Hall–Kier alpha value is -2.29. The average Bonchev–Trinajstić information content (AvgIpc) is 3.20. The minimum absolute atomic E-state index is 0. The molecule has 9 heteroatoms. The first-order chi connectivity index (χ1) is 15.9. The summed E-state index contributed by atoms with van der Waals surface area (Å²) in [5.41, 5.74) is 1.68. The molecular weight excluding hydrogens is 497 g/mol. The minimum atomic E-state index is -4.40. The fraction of sp³-hybridized carbons (Fsp3) is 0.423. The molecule has 1 aliphatic rings. The number of piperidine rings is 1. The Morgan fingerprint density at radius 1 is 1.17 bits per heavy atom. The maximum absolute atomic E-state index is 13.1. The molecule has 1 aliphatic heterocycles. The van der Waals surface area contributed by atoms with E-state index in [0.717, 1.165) is 50.2 Å². The fourth-order valence-electron chi connectivity index (χ4n) is 4.48. The number of alkyl halides is 3. The number of carboxylic acid groups (broad SMARTS) is 1. The summed E-state index contributed by atoms with van der Waals surface area (Å²) in [4.78, 5) is 14.3. The molecule has 2 N–H and O–H groups in total. The van der Waals surface area contributed by atoms with E-state index in [1.807, 2.05) is 12.1 Å². The molecule has 3 aromatic rings. The van der Waals surface area contributed by atoms with Gasteiger partial charge in [0.15, 0.2) is 0 Å². The summed E-state index contributed by atoms with van der Waals surface area (Å²) >= 11 is 1.23. The van der Waals surface area contributed by atoms with Crippen molar-refractivity contribution < 1.29 is 23.1 Å². The number of carbonyl (C=O) groups is 1. The highest BCUT2D eigenvalue weighted by Crippen LogP contribution is 2.39. The quantitative estimate of drug-likeness (QED) is 0.366. The molecule has 1 atom stereocenters. The highest BCUT2D eigenvalue weighted by Gasteiger charge is 2.31. The Kier molecular flexibility index (Phi) is 8.09. The van der Waals surface area contributed by atoms with Crippen LogP contribution in [0.3, 0.4) is 0 Å². The van der Waals surface area contributed by atoms with Crippen LogP contribution in [0.2, 0.25) is 0 Å². The lowest BCUT2D eigenvalue weighted by molar-refractivity contribution is -0.137. The number of nitrogens with zero attached hydrogens (tertiary/aromatic N) is 1. The second-order valence-corrected chi connectivity index (χ2v) is 10.9. The zero-order valence-electron chi connectivity index (χ0n) is 19.9. The van der Waals surface area contributed by atoms with E-state index in [-0.39, 0.29) is 23.5 Å². The Bertz CT molecular complexity index is 1200. The van der Waals surface area contributed by atoms with Gasteiger partial charge in [-0.05, 0) is 74.7 Å². The number of halogens is 4. The predicted octanol–water partition coefficient (Wildman–Crippen LogP) is 7.31. The number of anilines is 1. The van der Waals surface area contributed by atoms with Crippen LogP contribution in [0, 0.1) is 5.92 Å². The van der Waals surface area contributed by atoms with Crippen LogP contribution >= 0.6 is 23.7 Å². The van der Waals surface area contributed by atoms with Gasteiger partial charge in [-0.2, -0.15) is 13.2 Å². The number of hydrogen-bond donors (Lipinski definition) is 2. The lowest BCUT2D eigenvalue weighted by atomic mass is 9.94. The lowest BCUT2D eigenvalue weighted by Crippen LogP contribution is -2.45. The fourth-order valence-corrected chi connectivity index (χ4v) is 5.49. The van der Waals surface area contributed by atoms with Crippen molar-refractivity contribution in [3.8, 4) is 11.1 Å². The first-order valence-corrected chi connectivity index (χ1v) is 12.3. The first kappa shape index (κ1) is 27.3. The first-order valence-electron chi connectivity index (χ1n) is 11.4. The predicted molar refractivity (Wildman–Crippen MR) is 139 cm³/mol. The van der Waals surface area contributed by atoms with Crippen molar-refractivity contribution in [1.82, 2.24) is 5.32 Å². The van der Waals surface area contributed by atoms with Gasteiger partial charge < -0.3 is 15.3 Å². The largest absolute Gasteiger partial charge is 0.478 e. The molecule has 0 aliphatic carbocycles. The van der Waals surface area contributed by atoms with Crippen LogP contribution in [-0.4, -0.2) is 36.2 Å². The molecule has 0 saturated carbocycles. The number of thiophene rings is 1. The van der Waals surface area contributed by atoms with Gasteiger partial charge in [-0.25, -0.2) is 4.79 Å². The van der Waals surface area contributed by atoms with Crippen LogP contribution in [0.1, 0.15) is 49.5 Å². The third kappa shape index (κ3) is 6.29. The molecule has 0 amide bonds. The number of carboxylic acids is 1. The van der Waals surface area contributed by atoms with Gasteiger partial charge in [0.1, 0.15) is 0 Å². The van der Waals surface area contributed by atoms with Crippen LogP contribution < -0.4 is 10.2 Å². The number of hydrogen-bond acceptors (Lipinski definition) is 4. The Balaban J connectivity index is 0.00000342. The number of benzene rings is 2. The van der Waals surface area contributed by atoms with Crippen molar-refractivity contribution in [2.75, 3.05) is 24.5 Å². The third-order valence-electron chi connectivity index (χ3n) is 6.22. The molecule has 2 heterocycles. The van der Waals surface area contributed by atoms with E-state index in [9.17, 15) is 23.1 Å². The highest BCUT2D eigenvalue weighted by atomic mass is 35.5. The molecule has 35 heavy (non-hydrogen) atoms. The molecule has 4 nitrogen and oxygen atoms in total. The molecule has 4 rings (SSSR count). The van der Waals surface area contributed by atoms with Gasteiger partial charge in [0.25, 0.3) is 0 Å². The second kappa shape index (κ2) is 10.4. The van der Waals surface area contributed by atoms with Crippen molar-refractivity contribution in [2.24, 2.45) is 5.92 Å². The van der Waals surface area contributed by atoms with Gasteiger partial charge in [-0.1, -0.05) is 12.1 Å². The minimum Gasteiger partial charge on any atom is -0.478 e. The van der Waals surface area contributed by atoms with Crippen molar-refractivity contribution in [1.29, 1.82) is 0 Å². The molecule has 0 unspecified atom stereocenters. The van der Waals surface area contributed by atoms with Crippen LogP contribution in [0.15, 0.2) is 41.8 Å². The van der Waals surface area contributed by atoms with Gasteiger partial charge in [-0.15, -0.1) is 23.7 Å². The standard InChI is InChI=1S/C26H29F3N2O2S.ClH/c1-25(2,3)30-13-16-5-4-10-31(14-16)22-9-6-17(11-20(22)24(32)33)21-15-34-23-12-18(26(27,28)29)7-8-19(21)23;/h6-9,11-12,15-16,30H,4-5,10,13-14H2,1-3H3,(H,32,33);1H/t16-;/m0./s1. The van der Waals surface area contributed by atoms with E-state index in [0.29, 0.717) is 27.3 Å². The van der Waals surface area contributed by atoms with Crippen molar-refractivity contribution in [3.05, 3.63) is 52.9 Å². The summed E-state index contributed by atoms with van der Waals surface area (Å²) < 4.78 is 39.7. The molecule has 2 aromatic carbocycles. The summed E-state index contributed by atoms with van der Waals surface area (Å²) in [6.45, 7) is 8.85. The van der Waals surface area contributed by atoms with E-state index < -0.39 is 17.7 Å². The summed E-state index contributed by atoms with van der Waals surface area (Å²) in [6.07, 6.45) is -2.31. The van der Waals surface area contributed by atoms with Gasteiger partial charge >= 0.3 is 12.1 Å². The van der Waals surface area contributed by atoms with E-state index in [2.05, 4.69) is 31.0 Å². The lowest BCUT2D eigenvalue weighted by Gasteiger charge is -2.36. The van der Waals surface area contributed by atoms with Crippen LogP contribution in [-0.2, 0) is 6.18 Å². The van der Waals surface area contributed by atoms with E-state index >= 15 is 0 Å². The molecule has 1 aromatic heterocycles. The molecule has 0 spiro atoms. The van der Waals surface area contributed by atoms with Gasteiger partial charge in [0.05, 0.1) is 16.8 Å². The Labute approximate surface area is 213 Å². The number of nitrogens with one attached hydrogen (secondary N) is 1. The van der Waals surface area contributed by atoms with Crippen molar-refractivity contribution in [2.45, 2.75) is 45.3 Å². The topological polar surface area (TPSA) is 52.6 Å². The monoisotopic (exact) mass is 526 g/mol. The van der Waals surface area contributed by atoms with E-state index in [4.69, 9.17) is 0 Å². The zero-order chi connectivity index (χ0) is 24.7. The highest BCUT2D eigenvalue weighted by molar-refractivity contribution is 7.17. The van der Waals surface area contributed by atoms with Crippen molar-refractivity contribution >= 4 is 45.5 Å². The molecule has 0 bridgehead atoms. The average molecular weight is 527 g/mol. The third-order valence-corrected chi connectivity index (χ3v) is 7.17. The van der Waals surface area contributed by atoms with E-state index in [1.54, 1.807) is 11.4 Å². The van der Waals surface area contributed by atoms with Crippen LogP contribution in [0.4, 0.5) is 18.9 Å². The maximum atomic E-state index is 13.1.